The second-order valence-corrected chi connectivity index (χ2v) is 7.33. The smallest absolute Gasteiger partial charge is 0.230 e. The maximum Gasteiger partial charge on any atom is 0.230 e. The number of carbonyl (C=O) groups is 1. The summed E-state index contributed by atoms with van der Waals surface area (Å²) in [6, 6.07) is 11.3. The first-order valence-corrected chi connectivity index (χ1v) is 9.82. The molecule has 140 valence electrons. The Morgan fingerprint density at radius 2 is 1.85 bits per heavy atom. The normalized spacial score (nSPS) is 11.7. The zero-order valence-electron chi connectivity index (χ0n) is 15.5. The predicted octanol–water partition coefficient (Wildman–Crippen LogP) is 4.78. The minimum atomic E-state index is -0.125. The Balaban J connectivity index is 1.89. The van der Waals surface area contributed by atoms with E-state index in [1.54, 1.807) is 26.0 Å². The Morgan fingerprint density at radius 1 is 1.19 bits per heavy atom. The standard InChI is InChI=1S/C20H24ClNO3S/c1-13-9-18(24-3)19(25-4)10-15(13)11-26-12-20(23)22-14(2)16-7-5-6-8-17(16)21/h5-10,14H,11-12H2,1-4H3,(H,22,23)/t14-/m0/s1. The molecule has 1 N–H and O–H groups in total. The number of halogens is 1. The summed E-state index contributed by atoms with van der Waals surface area (Å²) in [6.45, 7) is 3.96. The molecule has 0 spiro atoms. The van der Waals surface area contributed by atoms with Gasteiger partial charge in [0.1, 0.15) is 0 Å². The number of carbonyl (C=O) groups excluding carboxylic acids is 1. The van der Waals surface area contributed by atoms with Gasteiger partial charge < -0.3 is 14.8 Å². The van der Waals surface area contributed by atoms with Crippen LogP contribution in [0.1, 0.15) is 29.7 Å². The largest absolute Gasteiger partial charge is 0.493 e. The van der Waals surface area contributed by atoms with E-state index in [1.165, 1.54) is 0 Å². The number of amides is 1. The van der Waals surface area contributed by atoms with Crippen molar-refractivity contribution in [1.82, 2.24) is 5.32 Å². The van der Waals surface area contributed by atoms with Gasteiger partial charge in [-0.2, -0.15) is 0 Å². The van der Waals surface area contributed by atoms with E-state index in [0.29, 0.717) is 22.3 Å². The van der Waals surface area contributed by atoms with E-state index in [2.05, 4.69) is 5.32 Å². The van der Waals surface area contributed by atoms with E-state index in [1.807, 2.05) is 50.2 Å². The Bertz CT molecular complexity index is 767. The van der Waals surface area contributed by atoms with Gasteiger partial charge in [0.15, 0.2) is 11.5 Å². The fraction of sp³-hybridized carbons (Fsp3) is 0.350. The molecule has 0 aliphatic rings. The molecule has 0 fully saturated rings. The SMILES string of the molecule is COc1cc(C)c(CSCC(=O)N[C@@H](C)c2ccccc2Cl)cc1OC. The van der Waals surface area contributed by atoms with Gasteiger partial charge in [0.2, 0.25) is 5.91 Å². The lowest BCUT2D eigenvalue weighted by atomic mass is 10.1. The van der Waals surface area contributed by atoms with Gasteiger partial charge in [-0.1, -0.05) is 29.8 Å². The summed E-state index contributed by atoms with van der Waals surface area (Å²) < 4.78 is 10.6. The molecule has 2 aromatic carbocycles. The summed E-state index contributed by atoms with van der Waals surface area (Å²) in [5.74, 6) is 2.50. The van der Waals surface area contributed by atoms with Crippen molar-refractivity contribution in [2.24, 2.45) is 0 Å². The van der Waals surface area contributed by atoms with Crippen LogP contribution in [-0.2, 0) is 10.5 Å². The van der Waals surface area contributed by atoms with Crippen molar-refractivity contribution in [1.29, 1.82) is 0 Å². The molecule has 0 heterocycles. The molecule has 2 aromatic rings. The fourth-order valence-electron chi connectivity index (χ4n) is 2.62. The number of hydrogen-bond acceptors (Lipinski definition) is 4. The van der Waals surface area contributed by atoms with Gasteiger partial charge in [0.25, 0.3) is 0 Å². The highest BCUT2D eigenvalue weighted by atomic mass is 35.5. The van der Waals surface area contributed by atoms with E-state index in [9.17, 15) is 4.79 Å². The van der Waals surface area contributed by atoms with Crippen molar-refractivity contribution in [3.8, 4) is 11.5 Å². The third-order valence-corrected chi connectivity index (χ3v) is 5.41. The second kappa shape index (κ2) is 9.74. The number of ether oxygens (including phenoxy) is 2. The van der Waals surface area contributed by atoms with Crippen molar-refractivity contribution in [3.05, 3.63) is 58.1 Å². The average Bonchev–Trinajstić information content (AvgIpc) is 2.62. The third-order valence-electron chi connectivity index (χ3n) is 4.08. The summed E-state index contributed by atoms with van der Waals surface area (Å²) in [4.78, 5) is 12.2. The van der Waals surface area contributed by atoms with Crippen LogP contribution in [0, 0.1) is 6.92 Å². The van der Waals surface area contributed by atoms with Crippen molar-refractivity contribution in [2.45, 2.75) is 25.6 Å². The molecule has 4 nitrogen and oxygen atoms in total. The molecule has 0 aromatic heterocycles. The lowest BCUT2D eigenvalue weighted by molar-refractivity contribution is -0.119. The third kappa shape index (κ3) is 5.32. The zero-order valence-corrected chi connectivity index (χ0v) is 17.0. The molecule has 26 heavy (non-hydrogen) atoms. The van der Waals surface area contributed by atoms with Gasteiger partial charge in [-0.25, -0.2) is 0 Å². The molecule has 0 radical (unpaired) electrons. The van der Waals surface area contributed by atoms with Crippen LogP contribution in [0.5, 0.6) is 11.5 Å². The van der Waals surface area contributed by atoms with Crippen LogP contribution in [-0.4, -0.2) is 25.9 Å². The van der Waals surface area contributed by atoms with Crippen LogP contribution in [0.25, 0.3) is 0 Å². The van der Waals surface area contributed by atoms with Gasteiger partial charge in [-0.15, -0.1) is 11.8 Å². The van der Waals surface area contributed by atoms with Crippen molar-refractivity contribution >= 4 is 29.3 Å². The van der Waals surface area contributed by atoms with Crippen molar-refractivity contribution in [2.75, 3.05) is 20.0 Å². The quantitative estimate of drug-likeness (QED) is 0.701. The molecule has 1 atom stereocenters. The van der Waals surface area contributed by atoms with Gasteiger partial charge in [0, 0.05) is 10.8 Å². The second-order valence-electron chi connectivity index (χ2n) is 5.94. The molecule has 6 heteroatoms. The maximum absolute atomic E-state index is 12.2. The van der Waals surface area contributed by atoms with Gasteiger partial charge in [-0.05, 0) is 48.7 Å². The highest BCUT2D eigenvalue weighted by molar-refractivity contribution is 7.99. The summed E-state index contributed by atoms with van der Waals surface area (Å²) in [5, 5.41) is 3.65. The Labute approximate surface area is 164 Å². The monoisotopic (exact) mass is 393 g/mol. The molecule has 0 saturated heterocycles. The topological polar surface area (TPSA) is 47.6 Å². The summed E-state index contributed by atoms with van der Waals surface area (Å²) in [6.07, 6.45) is 0. The predicted molar refractivity (Wildman–Crippen MR) is 108 cm³/mol. The van der Waals surface area contributed by atoms with E-state index in [0.717, 1.165) is 22.4 Å². The minimum Gasteiger partial charge on any atom is -0.493 e. The minimum absolute atomic E-state index is 0.0134. The fourth-order valence-corrected chi connectivity index (χ4v) is 3.82. The van der Waals surface area contributed by atoms with Crippen LogP contribution < -0.4 is 14.8 Å². The van der Waals surface area contributed by atoms with Crippen LogP contribution in [0.15, 0.2) is 36.4 Å². The lowest BCUT2D eigenvalue weighted by Crippen LogP contribution is -2.28. The van der Waals surface area contributed by atoms with Crippen LogP contribution in [0.2, 0.25) is 5.02 Å². The number of methoxy groups -OCH3 is 2. The summed E-state index contributed by atoms with van der Waals surface area (Å²) in [5.41, 5.74) is 3.16. The highest BCUT2D eigenvalue weighted by Crippen LogP contribution is 2.32. The molecule has 0 aliphatic heterocycles. The average molecular weight is 394 g/mol. The van der Waals surface area contributed by atoms with E-state index in [4.69, 9.17) is 21.1 Å². The number of aryl methyl sites for hydroxylation is 1. The Kier molecular flexibility index (Phi) is 7.66. The van der Waals surface area contributed by atoms with Crippen LogP contribution in [0.3, 0.4) is 0 Å². The Hall–Kier alpha value is -1.85. The van der Waals surface area contributed by atoms with Gasteiger partial charge in [0.05, 0.1) is 26.0 Å². The van der Waals surface area contributed by atoms with E-state index >= 15 is 0 Å². The summed E-state index contributed by atoms with van der Waals surface area (Å²) >= 11 is 7.74. The van der Waals surface area contributed by atoms with E-state index in [-0.39, 0.29) is 11.9 Å². The lowest BCUT2D eigenvalue weighted by Gasteiger charge is -2.16. The van der Waals surface area contributed by atoms with Crippen molar-refractivity contribution < 1.29 is 14.3 Å². The van der Waals surface area contributed by atoms with Crippen LogP contribution >= 0.6 is 23.4 Å². The molecule has 0 bridgehead atoms. The molecule has 0 aliphatic carbocycles. The number of nitrogens with one attached hydrogen (secondary N) is 1. The molecular formula is C20H24ClNO3S. The van der Waals surface area contributed by atoms with Gasteiger partial charge in [-0.3, -0.25) is 4.79 Å². The first-order chi connectivity index (χ1) is 12.5. The van der Waals surface area contributed by atoms with E-state index < -0.39 is 0 Å². The number of benzene rings is 2. The zero-order chi connectivity index (χ0) is 19.1. The molecule has 1 amide bonds. The van der Waals surface area contributed by atoms with Crippen LogP contribution in [0.4, 0.5) is 0 Å². The maximum atomic E-state index is 12.2. The van der Waals surface area contributed by atoms with Crippen molar-refractivity contribution in [3.63, 3.8) is 0 Å². The summed E-state index contributed by atoms with van der Waals surface area (Å²) in [7, 11) is 3.24. The molecule has 0 saturated carbocycles. The molecule has 0 unspecified atom stereocenters. The first kappa shape index (κ1) is 20.5. The number of hydrogen-bond donors (Lipinski definition) is 1. The highest BCUT2D eigenvalue weighted by Gasteiger charge is 2.13. The molecular weight excluding hydrogens is 370 g/mol. The van der Waals surface area contributed by atoms with Gasteiger partial charge >= 0.3 is 0 Å². The number of rotatable bonds is 8. The molecule has 2 rings (SSSR count). The first-order valence-electron chi connectivity index (χ1n) is 8.29. The number of thioether (sulfide) groups is 1. The Morgan fingerprint density at radius 3 is 2.50 bits per heavy atom.